The molecule has 0 aliphatic carbocycles. The standard InChI is InChI=1S/C14H18F2N2O2.ClH/c1-3-18(4-2)11-7-5-10(6-8-11)12-14(15,16)9-20-13(19)17-12;/h5-8,12H,3-4,9H2,1-2H3,(H,17,19);1H/t12-;/m0./s1. The van der Waals surface area contributed by atoms with Crippen LogP contribution in [0.25, 0.3) is 0 Å². The van der Waals surface area contributed by atoms with Crippen molar-refractivity contribution in [1.82, 2.24) is 5.32 Å². The van der Waals surface area contributed by atoms with Crippen LogP contribution in [0.5, 0.6) is 0 Å². The van der Waals surface area contributed by atoms with Crippen molar-refractivity contribution in [1.29, 1.82) is 0 Å². The lowest BCUT2D eigenvalue weighted by atomic mass is 9.99. The van der Waals surface area contributed by atoms with Crippen molar-refractivity contribution < 1.29 is 18.3 Å². The second-order valence-corrected chi connectivity index (χ2v) is 4.68. The lowest BCUT2D eigenvalue weighted by molar-refractivity contribution is -0.104. The van der Waals surface area contributed by atoms with Crippen LogP contribution in [0, 0.1) is 0 Å². The summed E-state index contributed by atoms with van der Waals surface area (Å²) in [6, 6.07) is 5.49. The van der Waals surface area contributed by atoms with Gasteiger partial charge in [-0.2, -0.15) is 0 Å². The highest BCUT2D eigenvalue weighted by atomic mass is 35.5. The van der Waals surface area contributed by atoms with Crippen molar-refractivity contribution in [3.8, 4) is 0 Å². The number of halogens is 3. The third kappa shape index (κ3) is 3.75. The lowest BCUT2D eigenvalue weighted by Crippen LogP contribution is -2.49. The summed E-state index contributed by atoms with van der Waals surface area (Å²) in [5, 5.41) is 2.17. The van der Waals surface area contributed by atoms with Gasteiger partial charge in [0.15, 0.2) is 6.61 Å². The summed E-state index contributed by atoms with van der Waals surface area (Å²) in [6.07, 6.45) is -0.811. The van der Waals surface area contributed by atoms with Crippen molar-refractivity contribution in [2.75, 3.05) is 24.6 Å². The molecular weight excluding hydrogens is 302 g/mol. The normalized spacial score (nSPS) is 20.0. The van der Waals surface area contributed by atoms with E-state index >= 15 is 0 Å². The van der Waals surface area contributed by atoms with Crippen LogP contribution in [0.2, 0.25) is 0 Å². The van der Waals surface area contributed by atoms with Gasteiger partial charge < -0.3 is 15.0 Å². The minimum absolute atomic E-state index is 0. The van der Waals surface area contributed by atoms with E-state index in [2.05, 4.69) is 15.0 Å². The van der Waals surface area contributed by atoms with Crippen LogP contribution in [-0.4, -0.2) is 31.7 Å². The quantitative estimate of drug-likeness (QED) is 0.924. The zero-order valence-electron chi connectivity index (χ0n) is 11.9. The number of nitrogens with zero attached hydrogens (tertiary/aromatic N) is 1. The highest BCUT2D eigenvalue weighted by Crippen LogP contribution is 2.35. The maximum absolute atomic E-state index is 13.8. The molecule has 0 bridgehead atoms. The zero-order valence-corrected chi connectivity index (χ0v) is 12.8. The SMILES string of the molecule is CCN(CC)c1ccc([C@@H]2NC(=O)OCC2(F)F)cc1.Cl. The Kier molecular flexibility index (Phi) is 5.78. The number of alkyl carbamates (subject to hydrolysis) is 1. The largest absolute Gasteiger partial charge is 0.443 e. The molecule has 1 atom stereocenters. The molecule has 1 aromatic rings. The molecule has 0 radical (unpaired) electrons. The molecule has 118 valence electrons. The van der Waals surface area contributed by atoms with Gasteiger partial charge in [0.1, 0.15) is 6.04 Å². The van der Waals surface area contributed by atoms with Crippen LogP contribution in [0.4, 0.5) is 19.3 Å². The van der Waals surface area contributed by atoms with Gasteiger partial charge in [-0.05, 0) is 31.5 Å². The molecule has 1 heterocycles. The van der Waals surface area contributed by atoms with Crippen LogP contribution in [0.15, 0.2) is 24.3 Å². The van der Waals surface area contributed by atoms with Crippen LogP contribution in [-0.2, 0) is 4.74 Å². The first-order chi connectivity index (χ1) is 9.47. The number of cyclic esters (lactones) is 1. The van der Waals surface area contributed by atoms with E-state index in [0.717, 1.165) is 18.8 Å². The molecular formula is C14H19ClF2N2O2. The summed E-state index contributed by atoms with van der Waals surface area (Å²) in [4.78, 5) is 13.2. The Balaban J connectivity index is 0.00000220. The Morgan fingerprint density at radius 3 is 2.38 bits per heavy atom. The second kappa shape index (κ2) is 6.93. The van der Waals surface area contributed by atoms with E-state index in [1.807, 2.05) is 13.8 Å². The third-order valence-electron chi connectivity index (χ3n) is 3.44. The molecule has 0 unspecified atom stereocenters. The van der Waals surface area contributed by atoms with Gasteiger partial charge in [-0.1, -0.05) is 12.1 Å². The highest BCUT2D eigenvalue weighted by Gasteiger charge is 2.46. The van der Waals surface area contributed by atoms with Crippen LogP contribution in [0.1, 0.15) is 25.5 Å². The molecule has 21 heavy (non-hydrogen) atoms. The van der Waals surface area contributed by atoms with Crippen molar-refractivity contribution in [3.05, 3.63) is 29.8 Å². The monoisotopic (exact) mass is 320 g/mol. The molecule has 1 fully saturated rings. The predicted molar refractivity (Wildman–Crippen MR) is 79.4 cm³/mol. The number of ether oxygens (including phenoxy) is 1. The number of hydrogen-bond acceptors (Lipinski definition) is 3. The maximum Gasteiger partial charge on any atom is 0.408 e. The van der Waals surface area contributed by atoms with Crippen LogP contribution >= 0.6 is 12.4 Å². The zero-order chi connectivity index (χ0) is 14.8. The summed E-state index contributed by atoms with van der Waals surface area (Å²) in [7, 11) is 0. The number of anilines is 1. The van der Waals surface area contributed by atoms with Gasteiger partial charge in [-0.15, -0.1) is 12.4 Å². The van der Waals surface area contributed by atoms with Gasteiger partial charge in [0.25, 0.3) is 0 Å². The predicted octanol–water partition coefficient (Wildman–Crippen LogP) is 3.37. The van der Waals surface area contributed by atoms with Gasteiger partial charge in [-0.3, -0.25) is 0 Å². The number of hydrogen-bond donors (Lipinski definition) is 1. The minimum atomic E-state index is -3.11. The van der Waals surface area contributed by atoms with Gasteiger partial charge in [0.05, 0.1) is 0 Å². The van der Waals surface area contributed by atoms with E-state index in [0.29, 0.717) is 5.56 Å². The number of carbonyl (C=O) groups excluding carboxylic acids is 1. The topological polar surface area (TPSA) is 41.6 Å². The number of carbonyl (C=O) groups is 1. The fraction of sp³-hybridized carbons (Fsp3) is 0.500. The van der Waals surface area contributed by atoms with Gasteiger partial charge in [0, 0.05) is 18.8 Å². The fourth-order valence-corrected chi connectivity index (χ4v) is 2.30. The van der Waals surface area contributed by atoms with E-state index in [4.69, 9.17) is 0 Å². The van der Waals surface area contributed by atoms with Crippen molar-refractivity contribution in [2.45, 2.75) is 25.8 Å². The summed E-state index contributed by atoms with van der Waals surface area (Å²) < 4.78 is 31.9. The minimum Gasteiger partial charge on any atom is -0.443 e. The van der Waals surface area contributed by atoms with E-state index in [9.17, 15) is 13.6 Å². The molecule has 1 amide bonds. The van der Waals surface area contributed by atoms with Crippen LogP contribution < -0.4 is 10.2 Å². The van der Waals surface area contributed by atoms with Crippen LogP contribution in [0.3, 0.4) is 0 Å². The molecule has 1 aliphatic rings. The first kappa shape index (κ1) is 17.5. The molecule has 0 spiro atoms. The molecule has 1 saturated heterocycles. The molecule has 0 aromatic heterocycles. The Morgan fingerprint density at radius 2 is 1.86 bits per heavy atom. The molecule has 1 N–H and O–H groups in total. The molecule has 2 rings (SSSR count). The highest BCUT2D eigenvalue weighted by molar-refractivity contribution is 5.85. The number of nitrogens with one attached hydrogen (secondary N) is 1. The maximum atomic E-state index is 13.8. The molecule has 1 aromatic carbocycles. The average molecular weight is 321 g/mol. The first-order valence-corrected chi connectivity index (χ1v) is 6.64. The summed E-state index contributed by atoms with van der Waals surface area (Å²) >= 11 is 0. The third-order valence-corrected chi connectivity index (χ3v) is 3.44. The second-order valence-electron chi connectivity index (χ2n) is 4.68. The molecule has 7 heteroatoms. The first-order valence-electron chi connectivity index (χ1n) is 6.64. The number of amides is 1. The van der Waals surface area contributed by atoms with Gasteiger partial charge >= 0.3 is 12.0 Å². The summed E-state index contributed by atoms with van der Waals surface area (Å²) in [5.41, 5.74) is 1.35. The number of rotatable bonds is 4. The van der Waals surface area contributed by atoms with E-state index < -0.39 is 24.7 Å². The number of alkyl halides is 2. The smallest absolute Gasteiger partial charge is 0.408 e. The van der Waals surface area contributed by atoms with Crippen molar-refractivity contribution in [3.63, 3.8) is 0 Å². The molecule has 0 saturated carbocycles. The van der Waals surface area contributed by atoms with E-state index in [-0.39, 0.29) is 12.4 Å². The average Bonchev–Trinajstić information content (AvgIpc) is 2.44. The fourth-order valence-electron chi connectivity index (χ4n) is 2.30. The summed E-state index contributed by atoms with van der Waals surface area (Å²) in [6.45, 7) is 4.87. The summed E-state index contributed by atoms with van der Waals surface area (Å²) in [5.74, 6) is -3.11. The van der Waals surface area contributed by atoms with E-state index in [1.165, 1.54) is 0 Å². The van der Waals surface area contributed by atoms with E-state index in [1.54, 1.807) is 24.3 Å². The Bertz CT molecular complexity index is 478. The Hall–Kier alpha value is -1.56. The van der Waals surface area contributed by atoms with Crippen molar-refractivity contribution >= 4 is 24.2 Å². The Labute approximate surface area is 128 Å². The lowest BCUT2D eigenvalue weighted by Gasteiger charge is -2.32. The number of benzene rings is 1. The van der Waals surface area contributed by atoms with Gasteiger partial charge in [-0.25, -0.2) is 13.6 Å². The van der Waals surface area contributed by atoms with Crippen molar-refractivity contribution in [2.24, 2.45) is 0 Å². The molecule has 4 nitrogen and oxygen atoms in total. The van der Waals surface area contributed by atoms with Gasteiger partial charge in [0.2, 0.25) is 0 Å². The molecule has 1 aliphatic heterocycles. The Morgan fingerprint density at radius 1 is 1.29 bits per heavy atom.